The molecule has 0 spiro atoms. The Morgan fingerprint density at radius 2 is 1.83 bits per heavy atom. The van der Waals surface area contributed by atoms with Crippen molar-refractivity contribution in [3.63, 3.8) is 0 Å². The van der Waals surface area contributed by atoms with Gasteiger partial charge in [0.2, 0.25) is 0 Å². The minimum atomic E-state index is 1.06. The van der Waals surface area contributed by atoms with E-state index in [9.17, 15) is 0 Å². The van der Waals surface area contributed by atoms with Gasteiger partial charge < -0.3 is 0 Å². The molecule has 0 fully saturated rings. The maximum absolute atomic E-state index is 5.16. The smallest absolute Gasteiger partial charge is 0.0348 e. The molecule has 0 aromatic heterocycles. The number of hydrogen-bond acceptors (Lipinski definition) is 0. The Balaban J connectivity index is 3.13. The summed E-state index contributed by atoms with van der Waals surface area (Å²) in [6, 6.07) is 0. The van der Waals surface area contributed by atoms with Gasteiger partial charge in [0, 0.05) is 0 Å². The molecule has 66 valence electrons. The topological polar surface area (TPSA) is 0 Å². The molecule has 0 heterocycles. The van der Waals surface area contributed by atoms with Gasteiger partial charge in [-0.2, -0.15) is 0 Å². The molecule has 0 nitrogen and oxygen atoms in total. The second kappa shape index (κ2) is 10.2. The lowest BCUT2D eigenvalue weighted by atomic mass is 10.1. The summed E-state index contributed by atoms with van der Waals surface area (Å²) < 4.78 is 0. The Morgan fingerprint density at radius 1 is 1.00 bits per heavy atom. The van der Waals surface area contributed by atoms with Gasteiger partial charge in [-0.15, -0.1) is 0 Å². The van der Waals surface area contributed by atoms with Crippen LogP contribution in [0.5, 0.6) is 0 Å². The highest BCUT2D eigenvalue weighted by Crippen LogP contribution is 2.02. The van der Waals surface area contributed by atoms with E-state index in [0.717, 1.165) is 12.8 Å². The minimum Gasteiger partial charge on any atom is -0.0845 e. The lowest BCUT2D eigenvalue weighted by Gasteiger charge is -1.92. The van der Waals surface area contributed by atoms with Crippen molar-refractivity contribution >= 4 is 0 Å². The first kappa shape index (κ1) is 11.2. The quantitative estimate of drug-likeness (QED) is 0.394. The van der Waals surface area contributed by atoms with Crippen molar-refractivity contribution in [1.29, 1.82) is 0 Å². The fourth-order valence-corrected chi connectivity index (χ4v) is 0.919. The van der Waals surface area contributed by atoms with E-state index in [-0.39, 0.29) is 0 Å². The summed E-state index contributed by atoms with van der Waals surface area (Å²) in [5, 5.41) is 0. The molecule has 0 aliphatic heterocycles. The Bertz CT molecular complexity index is 140. The third-order valence-corrected chi connectivity index (χ3v) is 1.59. The van der Waals surface area contributed by atoms with E-state index in [1.807, 2.05) is 18.2 Å². The van der Waals surface area contributed by atoms with E-state index in [1.54, 1.807) is 0 Å². The molecule has 0 unspecified atom stereocenters. The molecule has 0 rings (SSSR count). The van der Waals surface area contributed by atoms with Gasteiger partial charge in [0.1, 0.15) is 0 Å². The molecule has 12 heavy (non-hydrogen) atoms. The SMILES string of the molecule is [CH]=CC=CC=CCCCCC[CH2]. The van der Waals surface area contributed by atoms with Crippen LogP contribution in [0.25, 0.3) is 0 Å². The van der Waals surface area contributed by atoms with Crippen molar-refractivity contribution in [2.75, 3.05) is 0 Å². The summed E-state index contributed by atoms with van der Waals surface area (Å²) in [7, 11) is 0. The first-order valence-electron chi connectivity index (χ1n) is 4.57. The average Bonchev–Trinajstić information content (AvgIpc) is 2.10. The Labute approximate surface area is 76.7 Å². The van der Waals surface area contributed by atoms with Crippen LogP contribution >= 0.6 is 0 Å². The number of unbranched alkanes of at least 4 members (excludes halogenated alkanes) is 4. The average molecular weight is 162 g/mol. The van der Waals surface area contributed by atoms with Crippen LogP contribution in [0.1, 0.15) is 32.1 Å². The van der Waals surface area contributed by atoms with Gasteiger partial charge >= 0.3 is 0 Å². The Kier molecular flexibility index (Phi) is 9.56. The number of rotatable bonds is 7. The third-order valence-electron chi connectivity index (χ3n) is 1.59. The molecule has 0 saturated heterocycles. The van der Waals surface area contributed by atoms with E-state index >= 15 is 0 Å². The summed E-state index contributed by atoms with van der Waals surface area (Å²) in [5.74, 6) is 0. The van der Waals surface area contributed by atoms with Crippen molar-refractivity contribution in [3.8, 4) is 0 Å². The first-order chi connectivity index (χ1) is 5.91. The zero-order valence-corrected chi connectivity index (χ0v) is 7.71. The van der Waals surface area contributed by atoms with E-state index in [1.165, 1.54) is 25.3 Å². The molecular weight excluding hydrogens is 144 g/mol. The highest BCUT2D eigenvalue weighted by Gasteiger charge is 1.82. The van der Waals surface area contributed by atoms with Crippen LogP contribution in [-0.2, 0) is 0 Å². The molecule has 0 heteroatoms. The molecule has 0 bridgehead atoms. The summed E-state index contributed by atoms with van der Waals surface area (Å²) in [5.41, 5.74) is 0. The van der Waals surface area contributed by atoms with Crippen LogP contribution in [0.2, 0.25) is 0 Å². The number of allylic oxidation sites excluding steroid dienone is 5. The first-order valence-corrected chi connectivity index (χ1v) is 4.57. The normalized spacial score (nSPS) is 11.4. The predicted octanol–water partition coefficient (Wildman–Crippen LogP) is 3.87. The maximum Gasteiger partial charge on any atom is -0.0348 e. The minimum absolute atomic E-state index is 1.06. The second-order valence-corrected chi connectivity index (χ2v) is 2.71. The van der Waals surface area contributed by atoms with Crippen LogP contribution in [0.15, 0.2) is 30.4 Å². The van der Waals surface area contributed by atoms with E-state index in [0.29, 0.717) is 0 Å². The molecule has 0 aromatic rings. The van der Waals surface area contributed by atoms with Crippen LogP contribution < -0.4 is 0 Å². The summed E-state index contributed by atoms with van der Waals surface area (Å²) in [4.78, 5) is 0. The largest absolute Gasteiger partial charge is 0.0845 e. The fourth-order valence-electron chi connectivity index (χ4n) is 0.919. The van der Waals surface area contributed by atoms with E-state index in [4.69, 9.17) is 6.58 Å². The van der Waals surface area contributed by atoms with Crippen LogP contribution in [0, 0.1) is 13.5 Å². The summed E-state index contributed by atoms with van der Waals surface area (Å²) in [6.45, 7) is 8.95. The Hall–Kier alpha value is -0.780. The molecule has 0 amide bonds. The molecule has 0 N–H and O–H groups in total. The van der Waals surface area contributed by atoms with Crippen LogP contribution in [0.3, 0.4) is 0 Å². The Morgan fingerprint density at radius 3 is 2.50 bits per heavy atom. The van der Waals surface area contributed by atoms with Gasteiger partial charge in [-0.1, -0.05) is 63.1 Å². The summed E-state index contributed by atoms with van der Waals surface area (Å²) >= 11 is 0. The molecule has 2 radical (unpaired) electrons. The van der Waals surface area contributed by atoms with Gasteiger partial charge in [-0.05, 0) is 12.8 Å². The van der Waals surface area contributed by atoms with Crippen molar-refractivity contribution in [2.24, 2.45) is 0 Å². The summed E-state index contributed by atoms with van der Waals surface area (Å²) in [6.07, 6.45) is 15.5. The van der Waals surface area contributed by atoms with Crippen molar-refractivity contribution < 1.29 is 0 Å². The highest BCUT2D eigenvalue weighted by atomic mass is 13.9. The van der Waals surface area contributed by atoms with Gasteiger partial charge in [0.05, 0.1) is 0 Å². The van der Waals surface area contributed by atoms with Gasteiger partial charge in [-0.25, -0.2) is 0 Å². The molecule has 0 aliphatic carbocycles. The maximum atomic E-state index is 5.16. The zero-order chi connectivity index (χ0) is 9.07. The van der Waals surface area contributed by atoms with E-state index in [2.05, 4.69) is 13.0 Å². The molecule has 0 aliphatic rings. The monoisotopic (exact) mass is 162 g/mol. The number of hydrogen-bond donors (Lipinski definition) is 0. The fraction of sp³-hybridized carbons (Fsp3) is 0.417. The lowest BCUT2D eigenvalue weighted by Crippen LogP contribution is -1.73. The van der Waals surface area contributed by atoms with Crippen LogP contribution in [0.4, 0.5) is 0 Å². The molecule has 0 aromatic carbocycles. The van der Waals surface area contributed by atoms with Gasteiger partial charge in [0.25, 0.3) is 0 Å². The highest BCUT2D eigenvalue weighted by molar-refractivity contribution is 5.07. The van der Waals surface area contributed by atoms with Crippen LogP contribution in [-0.4, -0.2) is 0 Å². The zero-order valence-electron chi connectivity index (χ0n) is 7.71. The molecular formula is C12H18. The molecule has 0 atom stereocenters. The molecule has 0 saturated carbocycles. The van der Waals surface area contributed by atoms with Crippen molar-refractivity contribution in [3.05, 3.63) is 43.9 Å². The second-order valence-electron chi connectivity index (χ2n) is 2.71. The van der Waals surface area contributed by atoms with Crippen molar-refractivity contribution in [2.45, 2.75) is 32.1 Å². The van der Waals surface area contributed by atoms with E-state index < -0.39 is 0 Å². The van der Waals surface area contributed by atoms with Crippen molar-refractivity contribution in [1.82, 2.24) is 0 Å². The van der Waals surface area contributed by atoms with Gasteiger partial charge in [-0.3, -0.25) is 0 Å². The predicted molar refractivity (Wildman–Crippen MR) is 55.6 cm³/mol. The van der Waals surface area contributed by atoms with Gasteiger partial charge in [0.15, 0.2) is 0 Å². The standard InChI is InChI=1S/C12H18/c1-3-5-7-9-11-12-10-8-6-4-2/h1,3,5,7,9,11H,2,4,6,8,10,12H2. The third kappa shape index (κ3) is 9.22. The lowest BCUT2D eigenvalue weighted by molar-refractivity contribution is 0.695.